The van der Waals surface area contributed by atoms with E-state index in [1.165, 1.54) is 0 Å². The Hall–Kier alpha value is -2.69. The lowest BCUT2D eigenvalue weighted by molar-refractivity contribution is 0.0516. The number of benzene rings is 1. The Morgan fingerprint density at radius 1 is 1.29 bits per heavy atom. The molecule has 21 heavy (non-hydrogen) atoms. The van der Waals surface area contributed by atoms with Crippen LogP contribution in [0.1, 0.15) is 23.1 Å². The molecule has 0 N–H and O–H groups in total. The summed E-state index contributed by atoms with van der Waals surface area (Å²) in [6.07, 6.45) is 3.50. The third kappa shape index (κ3) is 2.38. The molecule has 0 atom stereocenters. The minimum absolute atomic E-state index is 0.330. The fourth-order valence-corrected chi connectivity index (χ4v) is 2.30. The van der Waals surface area contributed by atoms with Crippen LogP contribution in [0.3, 0.4) is 0 Å². The first-order chi connectivity index (χ1) is 10.2. The van der Waals surface area contributed by atoms with Gasteiger partial charge in [-0.1, -0.05) is 24.3 Å². The van der Waals surface area contributed by atoms with E-state index in [0.29, 0.717) is 12.3 Å². The molecule has 106 valence electrons. The highest BCUT2D eigenvalue weighted by molar-refractivity contribution is 5.92. The molecule has 0 spiro atoms. The summed E-state index contributed by atoms with van der Waals surface area (Å²) in [5.41, 5.74) is 1.93. The molecule has 0 radical (unpaired) electrons. The maximum absolute atomic E-state index is 12.1. The number of pyridine rings is 1. The number of aryl methyl sites for hydroxylation is 1. The molecule has 0 aliphatic carbocycles. The molecule has 0 bridgehead atoms. The summed E-state index contributed by atoms with van der Waals surface area (Å²) >= 11 is 0. The predicted octanol–water partition coefficient (Wildman–Crippen LogP) is 2.91. The third-order valence-electron chi connectivity index (χ3n) is 3.19. The zero-order chi connectivity index (χ0) is 14.8. The number of fused-ring (bicyclic) bond motifs is 1. The molecule has 0 saturated heterocycles. The first-order valence-corrected chi connectivity index (χ1v) is 6.77. The maximum atomic E-state index is 12.1. The molecule has 5 heteroatoms. The van der Waals surface area contributed by atoms with E-state index in [1.807, 2.05) is 31.2 Å². The van der Waals surface area contributed by atoms with Gasteiger partial charge in [0.25, 0.3) is 0 Å². The lowest BCUT2D eigenvalue weighted by Gasteiger charge is -2.09. The minimum atomic E-state index is -0.383. The summed E-state index contributed by atoms with van der Waals surface area (Å²) < 4.78 is 6.70. The highest BCUT2D eigenvalue weighted by atomic mass is 16.5. The second-order valence-corrected chi connectivity index (χ2v) is 4.68. The van der Waals surface area contributed by atoms with E-state index in [-0.39, 0.29) is 5.97 Å². The molecule has 1 aromatic carbocycles. The van der Waals surface area contributed by atoms with E-state index in [0.717, 1.165) is 22.2 Å². The number of esters is 1. The lowest BCUT2D eigenvalue weighted by Crippen LogP contribution is -2.12. The van der Waals surface area contributed by atoms with Gasteiger partial charge in [0.1, 0.15) is 0 Å². The van der Waals surface area contributed by atoms with E-state index in [2.05, 4.69) is 10.1 Å². The topological polar surface area (TPSA) is 57.0 Å². The van der Waals surface area contributed by atoms with Crippen LogP contribution in [0.5, 0.6) is 0 Å². The largest absolute Gasteiger partial charge is 0.461 e. The first kappa shape index (κ1) is 13.3. The Kier molecular flexibility index (Phi) is 3.39. The van der Waals surface area contributed by atoms with Gasteiger partial charge in [-0.15, -0.1) is 0 Å². The Balaban J connectivity index is 2.21. The van der Waals surface area contributed by atoms with Crippen LogP contribution in [0.15, 0.2) is 42.7 Å². The number of aromatic nitrogens is 3. The van der Waals surface area contributed by atoms with Gasteiger partial charge in [0, 0.05) is 17.0 Å². The maximum Gasteiger partial charge on any atom is 0.357 e. The molecule has 0 aliphatic rings. The summed E-state index contributed by atoms with van der Waals surface area (Å²) in [7, 11) is 0. The molecule has 0 unspecified atom stereocenters. The Bertz CT molecular complexity index is 803. The van der Waals surface area contributed by atoms with Gasteiger partial charge in [-0.2, -0.15) is 5.10 Å². The van der Waals surface area contributed by atoms with Crippen molar-refractivity contribution in [3.05, 3.63) is 54.1 Å². The van der Waals surface area contributed by atoms with Gasteiger partial charge < -0.3 is 4.74 Å². The smallest absolute Gasteiger partial charge is 0.357 e. The van der Waals surface area contributed by atoms with Gasteiger partial charge >= 0.3 is 5.97 Å². The Morgan fingerprint density at radius 2 is 2.10 bits per heavy atom. The third-order valence-corrected chi connectivity index (χ3v) is 3.19. The zero-order valence-corrected chi connectivity index (χ0v) is 11.9. The number of hydrogen-bond acceptors (Lipinski definition) is 4. The highest BCUT2D eigenvalue weighted by Crippen LogP contribution is 2.22. The molecule has 3 aromatic rings. The van der Waals surface area contributed by atoms with Crippen LogP contribution in [-0.4, -0.2) is 27.3 Å². The second-order valence-electron chi connectivity index (χ2n) is 4.68. The van der Waals surface area contributed by atoms with Crippen LogP contribution in [0.4, 0.5) is 0 Å². The molecule has 3 rings (SSSR count). The Labute approximate surface area is 122 Å². The van der Waals surface area contributed by atoms with E-state index in [9.17, 15) is 4.79 Å². The summed E-state index contributed by atoms with van der Waals surface area (Å²) in [5.74, 6) is -0.383. The highest BCUT2D eigenvalue weighted by Gasteiger charge is 2.17. The van der Waals surface area contributed by atoms with Crippen molar-refractivity contribution in [3.8, 4) is 5.69 Å². The molecule has 0 fully saturated rings. The van der Waals surface area contributed by atoms with Crippen molar-refractivity contribution in [2.75, 3.05) is 6.61 Å². The molecular formula is C16H15N3O2. The number of ether oxygens (including phenoxy) is 1. The molecule has 0 amide bonds. The molecule has 0 aliphatic heterocycles. The summed E-state index contributed by atoms with van der Waals surface area (Å²) in [6, 6.07) is 9.59. The first-order valence-electron chi connectivity index (χ1n) is 6.77. The van der Waals surface area contributed by atoms with E-state index in [1.54, 1.807) is 30.1 Å². The van der Waals surface area contributed by atoms with Gasteiger partial charge in [-0.25, -0.2) is 9.48 Å². The zero-order valence-electron chi connectivity index (χ0n) is 11.9. The quantitative estimate of drug-likeness (QED) is 0.693. The van der Waals surface area contributed by atoms with Crippen molar-refractivity contribution in [2.45, 2.75) is 13.8 Å². The number of carbonyl (C=O) groups excluding carboxylic acids is 1. The van der Waals surface area contributed by atoms with Gasteiger partial charge in [0.15, 0.2) is 5.69 Å². The number of hydrogen-bond donors (Lipinski definition) is 0. The average Bonchev–Trinajstić information content (AvgIpc) is 2.89. The number of carbonyl (C=O) groups is 1. The average molecular weight is 281 g/mol. The second kappa shape index (κ2) is 5.36. The van der Waals surface area contributed by atoms with Gasteiger partial charge in [-0.3, -0.25) is 4.98 Å². The monoisotopic (exact) mass is 281 g/mol. The molecular weight excluding hydrogens is 266 g/mol. The van der Waals surface area contributed by atoms with Crippen molar-refractivity contribution in [2.24, 2.45) is 0 Å². The van der Waals surface area contributed by atoms with E-state index < -0.39 is 0 Å². The normalized spacial score (nSPS) is 10.8. The standard InChI is InChI=1S/C16H15N3O2/c1-3-21-16(20)14-8-11(2)18-19(14)15-10-17-9-12-6-4-5-7-13(12)15/h4-10H,3H2,1-2H3. The van der Waals surface area contributed by atoms with Crippen molar-refractivity contribution < 1.29 is 9.53 Å². The van der Waals surface area contributed by atoms with Crippen molar-refractivity contribution in [3.63, 3.8) is 0 Å². The van der Waals surface area contributed by atoms with Gasteiger partial charge in [-0.05, 0) is 19.9 Å². The van der Waals surface area contributed by atoms with E-state index >= 15 is 0 Å². The van der Waals surface area contributed by atoms with Crippen LogP contribution in [0, 0.1) is 6.92 Å². The minimum Gasteiger partial charge on any atom is -0.461 e. The van der Waals surface area contributed by atoms with Crippen LogP contribution in [0.2, 0.25) is 0 Å². The number of nitrogens with zero attached hydrogens (tertiary/aromatic N) is 3. The molecule has 0 saturated carbocycles. The van der Waals surface area contributed by atoms with Crippen LogP contribution < -0.4 is 0 Å². The fraction of sp³-hybridized carbons (Fsp3) is 0.188. The SMILES string of the molecule is CCOC(=O)c1cc(C)nn1-c1cncc2ccccc12. The van der Waals surface area contributed by atoms with Crippen LogP contribution >= 0.6 is 0 Å². The fourth-order valence-electron chi connectivity index (χ4n) is 2.30. The Morgan fingerprint density at radius 3 is 2.90 bits per heavy atom. The van der Waals surface area contributed by atoms with E-state index in [4.69, 9.17) is 4.74 Å². The van der Waals surface area contributed by atoms with Crippen molar-refractivity contribution in [1.29, 1.82) is 0 Å². The van der Waals surface area contributed by atoms with Crippen molar-refractivity contribution >= 4 is 16.7 Å². The molecule has 5 nitrogen and oxygen atoms in total. The van der Waals surface area contributed by atoms with Crippen LogP contribution in [-0.2, 0) is 4.74 Å². The summed E-state index contributed by atoms with van der Waals surface area (Å²) in [5, 5.41) is 6.40. The van der Waals surface area contributed by atoms with Crippen molar-refractivity contribution in [1.82, 2.24) is 14.8 Å². The van der Waals surface area contributed by atoms with Gasteiger partial charge in [0.05, 0.1) is 24.2 Å². The van der Waals surface area contributed by atoms with Gasteiger partial charge in [0.2, 0.25) is 0 Å². The molecule has 2 aromatic heterocycles. The number of rotatable bonds is 3. The summed E-state index contributed by atoms with van der Waals surface area (Å²) in [4.78, 5) is 16.3. The molecule has 2 heterocycles. The predicted molar refractivity (Wildman–Crippen MR) is 79.6 cm³/mol. The lowest BCUT2D eigenvalue weighted by atomic mass is 10.1. The van der Waals surface area contributed by atoms with Crippen LogP contribution in [0.25, 0.3) is 16.5 Å². The summed E-state index contributed by atoms with van der Waals surface area (Å²) in [6.45, 7) is 3.96.